The number of carbonyl (C=O) groups is 2. The molecule has 5 nitrogen and oxygen atoms in total. The van der Waals surface area contributed by atoms with Crippen LogP contribution in [0, 0.1) is 23.7 Å². The Morgan fingerprint density at radius 1 is 0.535 bits per heavy atom. The van der Waals surface area contributed by atoms with Crippen molar-refractivity contribution in [3.63, 3.8) is 0 Å². The third kappa shape index (κ3) is 22.7. The van der Waals surface area contributed by atoms with Gasteiger partial charge in [-0.3, -0.25) is 9.59 Å². The first kappa shape index (κ1) is 42.6. The van der Waals surface area contributed by atoms with Gasteiger partial charge in [-0.05, 0) is 49.0 Å². The Hall–Kier alpha value is -0.400. The number of carboxylic acid groups (broad SMARTS) is 2. The van der Waals surface area contributed by atoms with E-state index >= 15 is 0 Å². The normalized spacial score (nSPS) is 16.0. The summed E-state index contributed by atoms with van der Waals surface area (Å²) < 4.78 is 6.03. The van der Waals surface area contributed by atoms with E-state index in [1.54, 1.807) is 0 Å². The van der Waals surface area contributed by atoms with Crippen LogP contribution in [0.2, 0.25) is 0 Å². The van der Waals surface area contributed by atoms with Crippen LogP contribution in [0.15, 0.2) is 0 Å². The largest absolute Gasteiger partial charge is 0.481 e. The first-order valence-electron chi connectivity index (χ1n) is 18.0. The Bertz CT molecular complexity index is 608. The van der Waals surface area contributed by atoms with Crippen molar-refractivity contribution in [1.29, 1.82) is 0 Å². The van der Waals surface area contributed by atoms with Crippen molar-refractivity contribution in [2.75, 3.05) is 24.7 Å². The van der Waals surface area contributed by atoms with Crippen molar-refractivity contribution in [3.8, 4) is 0 Å². The van der Waals surface area contributed by atoms with Gasteiger partial charge in [0.1, 0.15) is 0 Å². The van der Waals surface area contributed by atoms with Crippen LogP contribution in [-0.2, 0) is 14.3 Å². The SMILES string of the molecule is CCCCCC(CCCC)CCSC(CCOCCC(SCCC(CCCC)CCCCC)C(C)C(=O)O)C(C)C(=O)O. The summed E-state index contributed by atoms with van der Waals surface area (Å²) in [4.78, 5) is 23.7. The molecule has 0 rings (SSSR count). The van der Waals surface area contributed by atoms with Crippen molar-refractivity contribution in [2.45, 2.75) is 168 Å². The van der Waals surface area contributed by atoms with E-state index in [2.05, 4.69) is 27.7 Å². The minimum absolute atomic E-state index is 0.0378. The lowest BCUT2D eigenvalue weighted by molar-refractivity contribution is -0.142. The molecule has 0 amide bonds. The molecule has 0 spiro atoms. The van der Waals surface area contributed by atoms with Gasteiger partial charge in [-0.1, -0.05) is 131 Å². The van der Waals surface area contributed by atoms with E-state index < -0.39 is 23.8 Å². The monoisotopic (exact) mass is 646 g/mol. The molecule has 6 atom stereocenters. The maximum atomic E-state index is 11.8. The van der Waals surface area contributed by atoms with E-state index in [4.69, 9.17) is 4.74 Å². The van der Waals surface area contributed by atoms with E-state index in [0.29, 0.717) is 13.2 Å². The van der Waals surface area contributed by atoms with Crippen LogP contribution in [0.1, 0.15) is 157 Å². The topological polar surface area (TPSA) is 83.8 Å². The van der Waals surface area contributed by atoms with E-state index in [0.717, 1.165) is 36.2 Å². The maximum Gasteiger partial charge on any atom is 0.307 e. The van der Waals surface area contributed by atoms with E-state index in [1.165, 1.54) is 103 Å². The number of rotatable bonds is 32. The first-order chi connectivity index (χ1) is 20.7. The minimum atomic E-state index is -0.735. The summed E-state index contributed by atoms with van der Waals surface area (Å²) in [6.07, 6.45) is 21.7. The Labute approximate surface area is 275 Å². The maximum absolute atomic E-state index is 11.8. The fourth-order valence-corrected chi connectivity index (χ4v) is 8.64. The summed E-state index contributed by atoms with van der Waals surface area (Å²) in [5, 5.41) is 19.5. The van der Waals surface area contributed by atoms with Crippen molar-refractivity contribution in [1.82, 2.24) is 0 Å². The molecule has 0 bridgehead atoms. The van der Waals surface area contributed by atoms with Crippen LogP contribution in [-0.4, -0.2) is 57.4 Å². The van der Waals surface area contributed by atoms with E-state index in [1.807, 2.05) is 37.4 Å². The standard InChI is InChI=1S/C36H70O5S2/c1-7-11-15-19-31(17-13-9-3)23-27-42-33(29(5)35(37)38)21-25-41-26-22-34(30(6)36(39)40)43-28-24-32(18-14-10-4)20-16-12-8-2/h29-34H,7-28H2,1-6H3,(H,37,38)(H,39,40). The Morgan fingerprint density at radius 3 is 1.21 bits per heavy atom. The number of aliphatic carboxylic acids is 2. The zero-order valence-electron chi connectivity index (χ0n) is 29.0. The van der Waals surface area contributed by atoms with Crippen LogP contribution in [0.5, 0.6) is 0 Å². The number of hydrogen-bond donors (Lipinski definition) is 2. The van der Waals surface area contributed by atoms with Gasteiger partial charge in [-0.25, -0.2) is 0 Å². The van der Waals surface area contributed by atoms with Crippen molar-refractivity contribution in [2.24, 2.45) is 23.7 Å². The summed E-state index contributed by atoms with van der Waals surface area (Å²) in [5.41, 5.74) is 0. The first-order valence-corrected chi connectivity index (χ1v) is 20.1. The van der Waals surface area contributed by atoms with Gasteiger partial charge in [0.15, 0.2) is 0 Å². The van der Waals surface area contributed by atoms with Crippen LogP contribution < -0.4 is 0 Å². The van der Waals surface area contributed by atoms with E-state index in [9.17, 15) is 19.8 Å². The van der Waals surface area contributed by atoms with Gasteiger partial charge in [-0.2, -0.15) is 23.5 Å². The molecule has 0 aliphatic carbocycles. The molecule has 0 aliphatic heterocycles. The van der Waals surface area contributed by atoms with Crippen LogP contribution in [0.3, 0.4) is 0 Å². The van der Waals surface area contributed by atoms with Gasteiger partial charge in [0.25, 0.3) is 0 Å². The number of unbranched alkanes of at least 4 members (excludes halogenated alkanes) is 6. The van der Waals surface area contributed by atoms with Crippen molar-refractivity contribution >= 4 is 35.5 Å². The lowest BCUT2D eigenvalue weighted by Gasteiger charge is -2.24. The molecular weight excluding hydrogens is 577 g/mol. The zero-order chi connectivity index (χ0) is 32.3. The molecular formula is C36H70O5S2. The lowest BCUT2D eigenvalue weighted by Crippen LogP contribution is -2.26. The molecule has 2 N–H and O–H groups in total. The molecule has 43 heavy (non-hydrogen) atoms. The van der Waals surface area contributed by atoms with Gasteiger partial charge in [0.05, 0.1) is 11.8 Å². The van der Waals surface area contributed by atoms with Crippen molar-refractivity contribution in [3.05, 3.63) is 0 Å². The van der Waals surface area contributed by atoms with Crippen LogP contribution in [0.4, 0.5) is 0 Å². The van der Waals surface area contributed by atoms with Gasteiger partial charge < -0.3 is 14.9 Å². The van der Waals surface area contributed by atoms with Crippen LogP contribution in [0.25, 0.3) is 0 Å². The third-order valence-corrected chi connectivity index (χ3v) is 12.2. The molecule has 0 fully saturated rings. The second kappa shape index (κ2) is 29.0. The average molecular weight is 647 g/mol. The molecule has 0 aliphatic rings. The highest BCUT2D eigenvalue weighted by atomic mass is 32.2. The molecule has 0 saturated carbocycles. The predicted octanol–water partition coefficient (Wildman–Crippen LogP) is 11.0. The molecule has 0 heterocycles. The molecule has 6 unspecified atom stereocenters. The summed E-state index contributed by atoms with van der Waals surface area (Å²) >= 11 is 3.63. The quantitative estimate of drug-likeness (QED) is 0.0703. The zero-order valence-corrected chi connectivity index (χ0v) is 30.6. The Kier molecular flexibility index (Phi) is 28.8. The molecule has 256 valence electrons. The molecule has 0 radical (unpaired) electrons. The van der Waals surface area contributed by atoms with Gasteiger partial charge in [0.2, 0.25) is 0 Å². The summed E-state index contributed by atoms with van der Waals surface area (Å²) in [7, 11) is 0. The molecule has 0 aromatic carbocycles. The number of carboxylic acids is 2. The third-order valence-electron chi connectivity index (χ3n) is 9.07. The second-order valence-corrected chi connectivity index (χ2v) is 15.5. The highest BCUT2D eigenvalue weighted by Crippen LogP contribution is 2.30. The highest BCUT2D eigenvalue weighted by Gasteiger charge is 2.26. The number of hydrogen-bond acceptors (Lipinski definition) is 5. The number of ether oxygens (including phenoxy) is 1. The van der Waals surface area contributed by atoms with Crippen LogP contribution >= 0.6 is 23.5 Å². The smallest absolute Gasteiger partial charge is 0.307 e. The highest BCUT2D eigenvalue weighted by molar-refractivity contribution is 8.00. The molecule has 7 heteroatoms. The van der Waals surface area contributed by atoms with Gasteiger partial charge in [0, 0.05) is 23.7 Å². The van der Waals surface area contributed by atoms with E-state index in [-0.39, 0.29) is 10.5 Å². The Morgan fingerprint density at radius 2 is 0.884 bits per heavy atom. The molecule has 0 aromatic rings. The van der Waals surface area contributed by atoms with Crippen molar-refractivity contribution < 1.29 is 24.5 Å². The average Bonchev–Trinajstić information content (AvgIpc) is 2.99. The predicted molar refractivity (Wildman–Crippen MR) is 190 cm³/mol. The lowest BCUT2D eigenvalue weighted by atomic mass is 9.93. The summed E-state index contributed by atoms with van der Waals surface area (Å²) in [6.45, 7) is 13.7. The van der Waals surface area contributed by atoms with Gasteiger partial charge in [-0.15, -0.1) is 0 Å². The minimum Gasteiger partial charge on any atom is -0.481 e. The number of thioether (sulfide) groups is 2. The van der Waals surface area contributed by atoms with Gasteiger partial charge >= 0.3 is 11.9 Å². The summed E-state index contributed by atoms with van der Waals surface area (Å²) in [5.74, 6) is 1.24. The fourth-order valence-electron chi connectivity index (χ4n) is 5.76. The second-order valence-electron chi connectivity index (χ2n) is 12.8. The molecule has 0 saturated heterocycles. The fraction of sp³-hybridized carbons (Fsp3) is 0.944. The Balaban J connectivity index is 4.80. The summed E-state index contributed by atoms with van der Waals surface area (Å²) in [6, 6.07) is 0. The molecule has 0 aromatic heterocycles.